The van der Waals surface area contributed by atoms with Crippen LogP contribution < -0.4 is 15.8 Å². The Morgan fingerprint density at radius 2 is 1.81 bits per heavy atom. The standard InChI is InChI=1S/C23H18F3N3O3/c1-2-28-18(15-9-11-16(12-10-15)23(24,25)26)14-21(27)32-19-7-4-3-6-17(19)29-22(30)20-8-5-13-31-20/h2-14H,1,27H2,(H,29,30)/b21-14+,28-18?. The van der Waals surface area contributed by atoms with Crippen LogP contribution in [0.3, 0.4) is 0 Å². The highest BCUT2D eigenvalue weighted by atomic mass is 19.4. The third-order valence-electron chi connectivity index (χ3n) is 4.13. The third kappa shape index (κ3) is 5.66. The molecular weight excluding hydrogens is 423 g/mol. The molecule has 0 bridgehead atoms. The van der Waals surface area contributed by atoms with Gasteiger partial charge < -0.3 is 20.2 Å². The lowest BCUT2D eigenvalue weighted by Gasteiger charge is -2.12. The number of amides is 1. The zero-order chi connectivity index (χ0) is 23.1. The van der Waals surface area contributed by atoms with Crippen LogP contribution in [0.5, 0.6) is 5.75 Å². The summed E-state index contributed by atoms with van der Waals surface area (Å²) < 4.78 is 49.1. The third-order valence-corrected chi connectivity index (χ3v) is 4.13. The summed E-state index contributed by atoms with van der Waals surface area (Å²) in [5.74, 6) is -0.227. The number of rotatable bonds is 7. The van der Waals surface area contributed by atoms with E-state index in [0.717, 1.165) is 12.1 Å². The fourth-order valence-electron chi connectivity index (χ4n) is 2.67. The van der Waals surface area contributed by atoms with Crippen molar-refractivity contribution in [3.63, 3.8) is 0 Å². The SMILES string of the molecule is C=CN=C(/C=C(\N)Oc1ccccc1NC(=O)c1ccco1)c1ccc(C(F)(F)F)cc1. The summed E-state index contributed by atoms with van der Waals surface area (Å²) in [6.07, 6.45) is -0.500. The second-order valence-electron chi connectivity index (χ2n) is 6.35. The molecule has 0 radical (unpaired) electrons. The van der Waals surface area contributed by atoms with Gasteiger partial charge in [-0.2, -0.15) is 13.2 Å². The van der Waals surface area contributed by atoms with E-state index in [1.54, 1.807) is 30.3 Å². The van der Waals surface area contributed by atoms with Crippen LogP contribution in [0.2, 0.25) is 0 Å². The van der Waals surface area contributed by atoms with Gasteiger partial charge in [0.05, 0.1) is 23.2 Å². The summed E-state index contributed by atoms with van der Waals surface area (Å²) in [6, 6.07) is 14.1. The number of para-hydroxylation sites is 2. The molecule has 0 aliphatic carbocycles. The number of carbonyl (C=O) groups excluding carboxylic acids is 1. The summed E-state index contributed by atoms with van der Waals surface area (Å²) in [5.41, 5.74) is 6.15. The molecule has 9 heteroatoms. The number of allylic oxidation sites excluding steroid dienone is 1. The number of carbonyl (C=O) groups is 1. The van der Waals surface area contributed by atoms with E-state index in [1.807, 2.05) is 0 Å². The molecule has 3 rings (SSSR count). The number of furan rings is 1. The number of hydrogen-bond acceptors (Lipinski definition) is 5. The predicted octanol–water partition coefficient (Wildman–Crippen LogP) is 5.36. The van der Waals surface area contributed by atoms with Crippen molar-refractivity contribution in [1.29, 1.82) is 0 Å². The Kier molecular flexibility index (Phi) is 6.79. The second kappa shape index (κ2) is 9.69. The van der Waals surface area contributed by atoms with E-state index in [2.05, 4.69) is 16.9 Å². The topological polar surface area (TPSA) is 89.9 Å². The molecule has 0 saturated heterocycles. The van der Waals surface area contributed by atoms with Crippen LogP contribution in [-0.2, 0) is 6.18 Å². The summed E-state index contributed by atoms with van der Waals surface area (Å²) in [4.78, 5) is 16.3. The number of benzene rings is 2. The monoisotopic (exact) mass is 441 g/mol. The number of alkyl halides is 3. The maximum atomic E-state index is 12.8. The Bertz CT molecular complexity index is 1150. The van der Waals surface area contributed by atoms with Gasteiger partial charge in [-0.05, 0) is 36.4 Å². The Morgan fingerprint density at radius 1 is 1.09 bits per heavy atom. The molecule has 3 N–H and O–H groups in total. The zero-order valence-corrected chi connectivity index (χ0v) is 16.6. The van der Waals surface area contributed by atoms with E-state index in [-0.39, 0.29) is 23.1 Å². The number of hydrogen-bond donors (Lipinski definition) is 2. The Labute approximate surface area is 181 Å². The van der Waals surface area contributed by atoms with Gasteiger partial charge in [-0.15, -0.1) is 0 Å². The average molecular weight is 441 g/mol. The zero-order valence-electron chi connectivity index (χ0n) is 16.6. The number of nitrogens with one attached hydrogen (secondary N) is 1. The van der Waals surface area contributed by atoms with E-state index in [0.29, 0.717) is 11.3 Å². The number of nitrogens with two attached hydrogens (primary N) is 1. The van der Waals surface area contributed by atoms with Crippen LogP contribution in [0, 0.1) is 0 Å². The summed E-state index contributed by atoms with van der Waals surface area (Å²) in [7, 11) is 0. The highest BCUT2D eigenvalue weighted by molar-refractivity contribution is 6.09. The minimum Gasteiger partial charge on any atom is -0.459 e. The Morgan fingerprint density at radius 3 is 2.44 bits per heavy atom. The number of nitrogens with zero attached hydrogens (tertiary/aromatic N) is 1. The van der Waals surface area contributed by atoms with Gasteiger partial charge in [0.25, 0.3) is 5.91 Å². The minimum atomic E-state index is -4.45. The lowest BCUT2D eigenvalue weighted by atomic mass is 10.1. The smallest absolute Gasteiger partial charge is 0.416 e. The van der Waals surface area contributed by atoms with Crippen LogP contribution in [-0.4, -0.2) is 11.6 Å². The molecular formula is C23H18F3N3O3. The predicted molar refractivity (Wildman–Crippen MR) is 114 cm³/mol. The fourth-order valence-corrected chi connectivity index (χ4v) is 2.67. The summed E-state index contributed by atoms with van der Waals surface area (Å²) in [6.45, 7) is 3.51. The van der Waals surface area contributed by atoms with Crippen molar-refractivity contribution in [3.05, 3.63) is 109 Å². The first-order chi connectivity index (χ1) is 15.3. The van der Waals surface area contributed by atoms with Gasteiger partial charge in [0.15, 0.2) is 17.4 Å². The van der Waals surface area contributed by atoms with Crippen molar-refractivity contribution >= 4 is 17.3 Å². The van der Waals surface area contributed by atoms with Gasteiger partial charge in [-0.25, -0.2) is 0 Å². The van der Waals surface area contributed by atoms with Crippen LogP contribution in [0.4, 0.5) is 18.9 Å². The average Bonchev–Trinajstić information content (AvgIpc) is 3.29. The van der Waals surface area contributed by atoms with Gasteiger partial charge in [0.1, 0.15) is 0 Å². The highest BCUT2D eigenvalue weighted by Gasteiger charge is 2.30. The first-order valence-corrected chi connectivity index (χ1v) is 9.23. The maximum absolute atomic E-state index is 12.8. The molecule has 1 amide bonds. The quantitative estimate of drug-likeness (QED) is 0.381. The molecule has 0 fully saturated rings. The lowest BCUT2D eigenvalue weighted by molar-refractivity contribution is -0.137. The lowest BCUT2D eigenvalue weighted by Crippen LogP contribution is -2.14. The van der Waals surface area contributed by atoms with Gasteiger partial charge in [0, 0.05) is 17.8 Å². The fraction of sp³-hybridized carbons (Fsp3) is 0.0435. The molecule has 32 heavy (non-hydrogen) atoms. The van der Waals surface area contributed by atoms with Crippen molar-refractivity contribution in [2.45, 2.75) is 6.18 Å². The molecule has 0 spiro atoms. The van der Waals surface area contributed by atoms with Crippen LogP contribution in [0.25, 0.3) is 0 Å². The normalized spacial score (nSPS) is 12.3. The van der Waals surface area contributed by atoms with E-state index in [9.17, 15) is 18.0 Å². The van der Waals surface area contributed by atoms with Gasteiger partial charge in [-0.1, -0.05) is 30.8 Å². The van der Waals surface area contributed by atoms with E-state index < -0.39 is 17.6 Å². The maximum Gasteiger partial charge on any atom is 0.416 e. The van der Waals surface area contributed by atoms with E-state index in [4.69, 9.17) is 14.9 Å². The molecule has 0 saturated carbocycles. The van der Waals surface area contributed by atoms with Crippen LogP contribution in [0.1, 0.15) is 21.7 Å². The molecule has 2 aromatic carbocycles. The number of ether oxygens (including phenoxy) is 1. The minimum absolute atomic E-state index is 0.106. The molecule has 0 unspecified atom stereocenters. The number of aliphatic imine (C=N–C) groups is 1. The van der Waals surface area contributed by atoms with Gasteiger partial charge >= 0.3 is 6.18 Å². The second-order valence-corrected chi connectivity index (χ2v) is 6.35. The molecule has 0 atom stereocenters. The van der Waals surface area contributed by atoms with Crippen LogP contribution in [0.15, 0.2) is 101 Å². The summed E-state index contributed by atoms with van der Waals surface area (Å²) >= 11 is 0. The molecule has 1 heterocycles. The largest absolute Gasteiger partial charge is 0.459 e. The van der Waals surface area contributed by atoms with Crippen molar-refractivity contribution < 1.29 is 27.1 Å². The van der Waals surface area contributed by atoms with Crippen molar-refractivity contribution in [2.75, 3.05) is 5.32 Å². The molecule has 0 aliphatic heterocycles. The molecule has 1 aromatic heterocycles. The van der Waals surface area contributed by atoms with E-state index in [1.165, 1.54) is 36.7 Å². The Hall–Kier alpha value is -4.27. The summed E-state index contributed by atoms with van der Waals surface area (Å²) in [5, 5.41) is 2.66. The Balaban J connectivity index is 1.81. The first-order valence-electron chi connectivity index (χ1n) is 9.23. The molecule has 3 aromatic rings. The number of halogens is 3. The first kappa shape index (κ1) is 22.4. The highest BCUT2D eigenvalue weighted by Crippen LogP contribution is 2.29. The van der Waals surface area contributed by atoms with Gasteiger partial charge in [0.2, 0.25) is 0 Å². The van der Waals surface area contributed by atoms with Crippen molar-refractivity contribution in [2.24, 2.45) is 10.7 Å². The van der Waals surface area contributed by atoms with Gasteiger partial charge in [-0.3, -0.25) is 9.79 Å². The van der Waals surface area contributed by atoms with Crippen LogP contribution >= 0.6 is 0 Å². The number of anilines is 1. The molecule has 6 nitrogen and oxygen atoms in total. The van der Waals surface area contributed by atoms with Crippen molar-refractivity contribution in [1.82, 2.24) is 0 Å². The van der Waals surface area contributed by atoms with E-state index >= 15 is 0 Å². The van der Waals surface area contributed by atoms with Crippen molar-refractivity contribution in [3.8, 4) is 5.75 Å². The molecule has 0 aliphatic rings. The molecule has 164 valence electrons.